The van der Waals surface area contributed by atoms with Crippen molar-refractivity contribution < 1.29 is 14.3 Å². The lowest BCUT2D eigenvalue weighted by Crippen LogP contribution is -2.14. The maximum atomic E-state index is 11.6. The van der Waals surface area contributed by atoms with Crippen molar-refractivity contribution in [3.05, 3.63) is 18.2 Å². The van der Waals surface area contributed by atoms with E-state index >= 15 is 0 Å². The number of nitriles is 1. The lowest BCUT2D eigenvalue weighted by molar-refractivity contribution is -0.116. The van der Waals surface area contributed by atoms with Crippen molar-refractivity contribution in [1.82, 2.24) is 0 Å². The number of carbonyl (C=O) groups excluding carboxylic acids is 1. The first-order valence-electron chi connectivity index (χ1n) is 5.52. The average Bonchev–Trinajstić information content (AvgIpc) is 2.38. The highest BCUT2D eigenvalue weighted by atomic mass is 16.5. The predicted octanol–water partition coefficient (Wildman–Crippen LogP) is 2.19. The fourth-order valence-electron chi connectivity index (χ4n) is 1.45. The lowest BCUT2D eigenvalue weighted by Gasteiger charge is -2.10. The van der Waals surface area contributed by atoms with Crippen LogP contribution in [0.4, 0.5) is 5.69 Å². The van der Waals surface area contributed by atoms with Crippen LogP contribution in [0.2, 0.25) is 0 Å². The molecule has 1 aromatic rings. The van der Waals surface area contributed by atoms with Crippen molar-refractivity contribution in [1.29, 1.82) is 5.26 Å². The van der Waals surface area contributed by atoms with Crippen LogP contribution in [0.1, 0.15) is 13.3 Å². The van der Waals surface area contributed by atoms with E-state index in [-0.39, 0.29) is 18.2 Å². The van der Waals surface area contributed by atoms with E-state index < -0.39 is 0 Å². The Balaban J connectivity index is 2.74. The molecule has 1 amide bonds. The van der Waals surface area contributed by atoms with E-state index in [9.17, 15) is 4.79 Å². The van der Waals surface area contributed by atoms with Crippen LogP contribution in [-0.4, -0.2) is 20.1 Å². The number of anilines is 1. The highest BCUT2D eigenvalue weighted by molar-refractivity contribution is 5.91. The van der Waals surface area contributed by atoms with Crippen LogP contribution < -0.4 is 14.8 Å². The summed E-state index contributed by atoms with van der Waals surface area (Å²) in [7, 11) is 3.08. The van der Waals surface area contributed by atoms with Crippen LogP contribution in [0.3, 0.4) is 0 Å². The largest absolute Gasteiger partial charge is 0.493 e. The minimum Gasteiger partial charge on any atom is -0.493 e. The SMILES string of the molecule is COc1ccc(NC(=O)CC(C)C#N)cc1OC. The number of rotatable bonds is 5. The van der Waals surface area contributed by atoms with E-state index in [0.29, 0.717) is 17.2 Å². The minimum absolute atomic E-state index is 0.171. The molecular weight excluding hydrogens is 232 g/mol. The van der Waals surface area contributed by atoms with Gasteiger partial charge in [-0.25, -0.2) is 0 Å². The van der Waals surface area contributed by atoms with Gasteiger partial charge in [0.05, 0.1) is 26.2 Å². The number of hydrogen-bond acceptors (Lipinski definition) is 4. The minimum atomic E-state index is -0.301. The Kier molecular flexibility index (Phi) is 5.00. The molecule has 0 aliphatic heterocycles. The van der Waals surface area contributed by atoms with Gasteiger partial charge in [-0.15, -0.1) is 0 Å². The third kappa shape index (κ3) is 3.67. The first kappa shape index (κ1) is 13.8. The highest BCUT2D eigenvalue weighted by Crippen LogP contribution is 2.29. The predicted molar refractivity (Wildman–Crippen MR) is 67.6 cm³/mol. The molecule has 1 rings (SSSR count). The molecule has 1 aromatic carbocycles. The van der Waals surface area contributed by atoms with Crippen LogP contribution in [0.5, 0.6) is 11.5 Å². The molecule has 0 aromatic heterocycles. The summed E-state index contributed by atoms with van der Waals surface area (Å²) in [4.78, 5) is 11.6. The average molecular weight is 248 g/mol. The first-order valence-corrected chi connectivity index (χ1v) is 5.52. The van der Waals surface area contributed by atoms with Crippen LogP contribution in [0.25, 0.3) is 0 Å². The van der Waals surface area contributed by atoms with Gasteiger partial charge in [0.15, 0.2) is 11.5 Å². The zero-order chi connectivity index (χ0) is 13.5. The van der Waals surface area contributed by atoms with Gasteiger partial charge in [0.1, 0.15) is 0 Å². The van der Waals surface area contributed by atoms with Gasteiger partial charge in [0, 0.05) is 18.2 Å². The van der Waals surface area contributed by atoms with Crippen molar-refractivity contribution in [3.8, 4) is 17.6 Å². The van der Waals surface area contributed by atoms with Crippen molar-refractivity contribution >= 4 is 11.6 Å². The number of ether oxygens (including phenoxy) is 2. The van der Waals surface area contributed by atoms with E-state index in [4.69, 9.17) is 14.7 Å². The zero-order valence-corrected chi connectivity index (χ0v) is 10.7. The number of nitrogens with zero attached hydrogens (tertiary/aromatic N) is 1. The Morgan fingerprint density at radius 2 is 2.06 bits per heavy atom. The summed E-state index contributed by atoms with van der Waals surface area (Å²) in [6.07, 6.45) is 0.171. The summed E-state index contributed by atoms with van der Waals surface area (Å²) < 4.78 is 10.2. The van der Waals surface area contributed by atoms with Gasteiger partial charge in [-0.05, 0) is 19.1 Å². The molecule has 5 heteroatoms. The number of benzene rings is 1. The second kappa shape index (κ2) is 6.50. The molecule has 0 aliphatic carbocycles. The van der Waals surface area contributed by atoms with Crippen molar-refractivity contribution in [3.63, 3.8) is 0 Å². The van der Waals surface area contributed by atoms with Crippen LogP contribution in [0, 0.1) is 17.2 Å². The first-order chi connectivity index (χ1) is 8.60. The molecule has 0 aliphatic rings. The molecule has 0 saturated heterocycles. The smallest absolute Gasteiger partial charge is 0.225 e. The van der Waals surface area contributed by atoms with Gasteiger partial charge in [-0.3, -0.25) is 4.79 Å². The third-order valence-electron chi connectivity index (χ3n) is 2.38. The van der Waals surface area contributed by atoms with E-state index in [1.54, 1.807) is 32.2 Å². The Labute approximate surface area is 106 Å². The van der Waals surface area contributed by atoms with Crippen molar-refractivity contribution in [2.24, 2.45) is 5.92 Å². The molecule has 0 saturated carbocycles. The quantitative estimate of drug-likeness (QED) is 0.867. The second-order valence-electron chi connectivity index (χ2n) is 3.85. The van der Waals surface area contributed by atoms with Gasteiger partial charge >= 0.3 is 0 Å². The van der Waals surface area contributed by atoms with E-state index in [1.807, 2.05) is 6.07 Å². The van der Waals surface area contributed by atoms with Crippen molar-refractivity contribution in [2.45, 2.75) is 13.3 Å². The molecule has 18 heavy (non-hydrogen) atoms. The Bertz CT molecular complexity index is 466. The summed E-state index contributed by atoms with van der Waals surface area (Å²) in [5.41, 5.74) is 0.614. The molecule has 96 valence electrons. The molecular formula is C13H16N2O3. The molecule has 5 nitrogen and oxygen atoms in total. The van der Waals surface area contributed by atoms with Gasteiger partial charge in [0.25, 0.3) is 0 Å². The lowest BCUT2D eigenvalue weighted by atomic mass is 10.1. The Morgan fingerprint density at radius 1 is 1.39 bits per heavy atom. The van der Waals surface area contributed by atoms with Gasteiger partial charge in [-0.2, -0.15) is 5.26 Å². The number of nitrogens with one attached hydrogen (secondary N) is 1. The standard InChI is InChI=1S/C13H16N2O3/c1-9(8-14)6-13(16)15-10-4-5-11(17-2)12(7-10)18-3/h4-5,7,9H,6H2,1-3H3,(H,15,16). The maximum absolute atomic E-state index is 11.6. The summed E-state index contributed by atoms with van der Waals surface area (Å²) in [5, 5.41) is 11.3. The fourth-order valence-corrected chi connectivity index (χ4v) is 1.45. The highest BCUT2D eigenvalue weighted by Gasteiger charge is 2.10. The van der Waals surface area contributed by atoms with Gasteiger partial charge < -0.3 is 14.8 Å². The van der Waals surface area contributed by atoms with Crippen LogP contribution in [-0.2, 0) is 4.79 Å². The summed E-state index contributed by atoms with van der Waals surface area (Å²) >= 11 is 0. The molecule has 0 fully saturated rings. The van der Waals surface area contributed by atoms with Crippen LogP contribution >= 0.6 is 0 Å². The molecule has 0 bridgehead atoms. The molecule has 0 radical (unpaired) electrons. The topological polar surface area (TPSA) is 71.3 Å². The van der Waals surface area contributed by atoms with Crippen LogP contribution in [0.15, 0.2) is 18.2 Å². The molecule has 1 unspecified atom stereocenters. The van der Waals surface area contributed by atoms with E-state index in [0.717, 1.165) is 0 Å². The molecule has 1 N–H and O–H groups in total. The fraction of sp³-hybridized carbons (Fsp3) is 0.385. The maximum Gasteiger partial charge on any atom is 0.225 e. The third-order valence-corrected chi connectivity index (χ3v) is 2.38. The Morgan fingerprint density at radius 3 is 2.61 bits per heavy atom. The van der Waals surface area contributed by atoms with E-state index in [2.05, 4.69) is 5.32 Å². The van der Waals surface area contributed by atoms with Gasteiger partial charge in [-0.1, -0.05) is 0 Å². The normalized spacial score (nSPS) is 11.2. The van der Waals surface area contributed by atoms with E-state index in [1.165, 1.54) is 7.11 Å². The molecule has 1 atom stereocenters. The summed E-state index contributed by atoms with van der Waals surface area (Å²) in [5.74, 6) is 0.644. The molecule has 0 spiro atoms. The van der Waals surface area contributed by atoms with Crippen molar-refractivity contribution in [2.75, 3.05) is 19.5 Å². The monoisotopic (exact) mass is 248 g/mol. The number of methoxy groups -OCH3 is 2. The number of amides is 1. The molecule has 0 heterocycles. The summed E-state index contributed by atoms with van der Waals surface area (Å²) in [6.45, 7) is 1.70. The number of carbonyl (C=O) groups is 1. The van der Waals surface area contributed by atoms with Gasteiger partial charge in [0.2, 0.25) is 5.91 Å². The second-order valence-corrected chi connectivity index (χ2v) is 3.85. The zero-order valence-electron chi connectivity index (χ0n) is 10.7. The number of hydrogen-bond donors (Lipinski definition) is 1. The summed E-state index contributed by atoms with van der Waals surface area (Å²) in [6, 6.07) is 7.12. The Hall–Kier alpha value is -2.22.